The fourth-order valence-corrected chi connectivity index (χ4v) is 1.45. The van der Waals surface area contributed by atoms with Gasteiger partial charge in [-0.25, -0.2) is 4.68 Å². The van der Waals surface area contributed by atoms with E-state index in [4.69, 9.17) is 0 Å². The molecule has 0 aliphatic rings. The van der Waals surface area contributed by atoms with E-state index in [1.54, 1.807) is 6.20 Å². The Morgan fingerprint density at radius 3 is 2.67 bits per heavy atom. The molecule has 0 aliphatic carbocycles. The van der Waals surface area contributed by atoms with Crippen LogP contribution < -0.4 is 5.30 Å². The summed E-state index contributed by atoms with van der Waals surface area (Å²) in [5.41, 5.74) is 1.10. The number of hydrogen-bond donors (Lipinski definition) is 0. The molecule has 0 amide bonds. The first kappa shape index (κ1) is 7.51. The Kier molecular flexibility index (Phi) is 1.92. The van der Waals surface area contributed by atoms with Gasteiger partial charge in [0, 0.05) is 12.4 Å². The SMILES string of the molecule is Pc1ccccc1-n1cccn1. The largest absolute Gasteiger partial charge is 0.240 e. The third kappa shape index (κ3) is 1.26. The van der Waals surface area contributed by atoms with Crippen LogP contribution >= 0.6 is 9.24 Å². The van der Waals surface area contributed by atoms with Crippen LogP contribution in [0.1, 0.15) is 0 Å². The van der Waals surface area contributed by atoms with Gasteiger partial charge in [0.1, 0.15) is 0 Å². The Morgan fingerprint density at radius 2 is 2.00 bits per heavy atom. The van der Waals surface area contributed by atoms with Crippen LogP contribution in [-0.2, 0) is 0 Å². The summed E-state index contributed by atoms with van der Waals surface area (Å²) in [6, 6.07) is 10.0. The number of benzene rings is 1. The van der Waals surface area contributed by atoms with Gasteiger partial charge in [0.05, 0.1) is 5.69 Å². The molecule has 0 radical (unpaired) electrons. The molecule has 0 aliphatic heterocycles. The molecule has 60 valence electrons. The quantitative estimate of drug-likeness (QED) is 0.600. The summed E-state index contributed by atoms with van der Waals surface area (Å²) in [5.74, 6) is 0. The Bertz CT molecular complexity index is 368. The molecule has 12 heavy (non-hydrogen) atoms. The van der Waals surface area contributed by atoms with Gasteiger partial charge in [-0.15, -0.1) is 9.24 Å². The van der Waals surface area contributed by atoms with Crippen LogP contribution in [0.15, 0.2) is 42.7 Å². The number of aromatic nitrogens is 2. The fourth-order valence-electron chi connectivity index (χ4n) is 1.11. The van der Waals surface area contributed by atoms with E-state index < -0.39 is 0 Å². The molecule has 0 fully saturated rings. The van der Waals surface area contributed by atoms with E-state index in [0.29, 0.717) is 0 Å². The van der Waals surface area contributed by atoms with E-state index >= 15 is 0 Å². The summed E-state index contributed by atoms with van der Waals surface area (Å²) in [5, 5.41) is 5.30. The number of rotatable bonds is 1. The van der Waals surface area contributed by atoms with Gasteiger partial charge in [-0.3, -0.25) is 0 Å². The van der Waals surface area contributed by atoms with Crippen LogP contribution in [0.4, 0.5) is 0 Å². The van der Waals surface area contributed by atoms with Gasteiger partial charge in [0.25, 0.3) is 0 Å². The first-order chi connectivity index (χ1) is 5.88. The summed E-state index contributed by atoms with van der Waals surface area (Å²) in [4.78, 5) is 0. The van der Waals surface area contributed by atoms with Crippen molar-refractivity contribution in [1.82, 2.24) is 9.78 Å². The number of para-hydroxylation sites is 1. The molecule has 3 heteroatoms. The molecule has 1 atom stereocenters. The molecule has 0 bridgehead atoms. The molecule has 1 aromatic heterocycles. The van der Waals surface area contributed by atoms with Crippen molar-refractivity contribution in [3.05, 3.63) is 42.7 Å². The van der Waals surface area contributed by atoms with Crippen LogP contribution in [0, 0.1) is 0 Å². The molecular weight excluding hydrogens is 167 g/mol. The average molecular weight is 176 g/mol. The first-order valence-electron chi connectivity index (χ1n) is 3.72. The fraction of sp³-hybridized carbons (Fsp3) is 0. The minimum atomic E-state index is 1.10. The van der Waals surface area contributed by atoms with Gasteiger partial charge >= 0.3 is 0 Å². The molecule has 1 heterocycles. The molecule has 0 saturated carbocycles. The van der Waals surface area contributed by atoms with E-state index in [1.807, 2.05) is 41.2 Å². The van der Waals surface area contributed by atoms with Crippen LogP contribution in [0.5, 0.6) is 0 Å². The van der Waals surface area contributed by atoms with Crippen molar-refractivity contribution in [2.75, 3.05) is 0 Å². The summed E-state index contributed by atoms with van der Waals surface area (Å²) < 4.78 is 1.85. The lowest BCUT2D eigenvalue weighted by molar-refractivity contribution is 0.886. The van der Waals surface area contributed by atoms with Crippen LogP contribution in [0.3, 0.4) is 0 Å². The highest BCUT2D eigenvalue weighted by atomic mass is 31.0. The van der Waals surface area contributed by atoms with Crippen LogP contribution in [0.2, 0.25) is 0 Å². The average Bonchev–Trinajstić information content (AvgIpc) is 2.57. The van der Waals surface area contributed by atoms with Gasteiger partial charge in [-0.2, -0.15) is 5.10 Å². The predicted molar refractivity (Wildman–Crippen MR) is 52.9 cm³/mol. The smallest absolute Gasteiger partial charge is 0.0716 e. The zero-order valence-corrected chi connectivity index (χ0v) is 7.67. The van der Waals surface area contributed by atoms with Crippen molar-refractivity contribution >= 4 is 14.5 Å². The van der Waals surface area contributed by atoms with Gasteiger partial charge in [-0.1, -0.05) is 18.2 Å². The second-order valence-corrected chi connectivity index (χ2v) is 3.13. The normalized spacial score (nSPS) is 10.1. The summed E-state index contributed by atoms with van der Waals surface area (Å²) in [6.45, 7) is 0. The van der Waals surface area contributed by atoms with Crippen LogP contribution in [0.25, 0.3) is 5.69 Å². The molecule has 2 rings (SSSR count). The van der Waals surface area contributed by atoms with Gasteiger partial charge in [0.15, 0.2) is 0 Å². The van der Waals surface area contributed by atoms with Crippen molar-refractivity contribution in [2.24, 2.45) is 0 Å². The van der Waals surface area contributed by atoms with Crippen molar-refractivity contribution in [3.63, 3.8) is 0 Å². The Balaban J connectivity index is 2.55. The van der Waals surface area contributed by atoms with Gasteiger partial charge in [-0.05, 0) is 17.4 Å². The maximum atomic E-state index is 4.15. The predicted octanol–water partition coefficient (Wildman–Crippen LogP) is 1.37. The van der Waals surface area contributed by atoms with E-state index in [1.165, 1.54) is 0 Å². The molecule has 1 unspecified atom stereocenters. The monoisotopic (exact) mass is 176 g/mol. The molecule has 0 N–H and O–H groups in total. The van der Waals surface area contributed by atoms with Crippen molar-refractivity contribution in [3.8, 4) is 5.69 Å². The van der Waals surface area contributed by atoms with E-state index in [9.17, 15) is 0 Å². The molecule has 2 nitrogen and oxygen atoms in total. The first-order valence-corrected chi connectivity index (χ1v) is 4.30. The second-order valence-electron chi connectivity index (χ2n) is 2.51. The highest BCUT2D eigenvalue weighted by Gasteiger charge is 1.97. The third-order valence-electron chi connectivity index (χ3n) is 1.69. The Labute approximate surface area is 73.4 Å². The summed E-state index contributed by atoms with van der Waals surface area (Å²) in [7, 11) is 2.69. The topological polar surface area (TPSA) is 17.8 Å². The summed E-state index contributed by atoms with van der Waals surface area (Å²) >= 11 is 0. The molecule has 1 aromatic carbocycles. The van der Waals surface area contributed by atoms with Gasteiger partial charge < -0.3 is 0 Å². The third-order valence-corrected chi connectivity index (χ3v) is 2.18. The molecule has 0 saturated heterocycles. The molecular formula is C9H9N2P. The van der Waals surface area contributed by atoms with E-state index in [0.717, 1.165) is 11.0 Å². The summed E-state index contributed by atoms with van der Waals surface area (Å²) in [6.07, 6.45) is 3.71. The second kappa shape index (κ2) is 3.08. The lowest BCUT2D eigenvalue weighted by Crippen LogP contribution is -2.04. The van der Waals surface area contributed by atoms with Crippen molar-refractivity contribution in [2.45, 2.75) is 0 Å². The Morgan fingerprint density at radius 1 is 1.17 bits per heavy atom. The standard InChI is InChI=1S/C9H9N2P/c12-9-5-2-1-4-8(9)11-7-3-6-10-11/h1-7H,12H2. The maximum absolute atomic E-state index is 4.15. The maximum Gasteiger partial charge on any atom is 0.0716 e. The van der Waals surface area contributed by atoms with E-state index in [-0.39, 0.29) is 0 Å². The number of hydrogen-bond acceptors (Lipinski definition) is 1. The van der Waals surface area contributed by atoms with E-state index in [2.05, 4.69) is 14.3 Å². The lowest BCUT2D eigenvalue weighted by Gasteiger charge is -2.03. The molecule has 0 spiro atoms. The highest BCUT2D eigenvalue weighted by molar-refractivity contribution is 7.27. The Hall–Kier alpha value is -1.14. The highest BCUT2D eigenvalue weighted by Crippen LogP contribution is 2.05. The lowest BCUT2D eigenvalue weighted by atomic mass is 10.3. The van der Waals surface area contributed by atoms with Crippen molar-refractivity contribution in [1.29, 1.82) is 0 Å². The van der Waals surface area contributed by atoms with Crippen molar-refractivity contribution < 1.29 is 0 Å². The van der Waals surface area contributed by atoms with Crippen LogP contribution in [-0.4, -0.2) is 9.78 Å². The minimum Gasteiger partial charge on any atom is -0.240 e. The zero-order valence-electron chi connectivity index (χ0n) is 6.51. The molecule has 2 aromatic rings. The zero-order chi connectivity index (χ0) is 8.39. The minimum absolute atomic E-state index is 1.10. The number of nitrogens with zero attached hydrogens (tertiary/aromatic N) is 2. The van der Waals surface area contributed by atoms with Gasteiger partial charge in [0.2, 0.25) is 0 Å².